The van der Waals surface area contributed by atoms with E-state index in [-0.39, 0.29) is 0 Å². The van der Waals surface area contributed by atoms with E-state index in [9.17, 15) is 48.5 Å². The third-order valence-corrected chi connectivity index (χ3v) is 4.92. The molecular formula is C4BrF10O2P. The summed E-state index contributed by atoms with van der Waals surface area (Å²) in [5, 5.41) is 0. The van der Waals surface area contributed by atoms with Crippen LogP contribution in [0.3, 0.4) is 0 Å². The fourth-order valence-corrected chi connectivity index (χ4v) is 2.88. The molecule has 0 atom stereocenters. The Balaban J connectivity index is 6.06. The Hall–Kier alpha value is -0.0300. The van der Waals surface area contributed by atoms with Crippen LogP contribution in [0.5, 0.6) is 0 Å². The second kappa shape index (κ2) is 4.51. The molecule has 0 aromatic carbocycles. The molecule has 0 radical (unpaired) electrons. The first kappa shape index (κ1) is 18.0. The van der Waals surface area contributed by atoms with Crippen molar-refractivity contribution in [2.24, 2.45) is 0 Å². The normalized spacial score (nSPS) is 15.9. The molecule has 0 aliphatic carbocycles. The highest BCUT2D eigenvalue weighted by atomic mass is 79.9. The van der Waals surface area contributed by atoms with E-state index >= 15 is 0 Å². The predicted molar refractivity (Wildman–Crippen MR) is 39.6 cm³/mol. The van der Waals surface area contributed by atoms with Crippen LogP contribution < -0.4 is 0 Å². The van der Waals surface area contributed by atoms with Crippen molar-refractivity contribution in [2.45, 2.75) is 23.7 Å². The molecule has 18 heavy (non-hydrogen) atoms. The van der Waals surface area contributed by atoms with E-state index in [1.807, 2.05) is 0 Å². The zero-order valence-electron chi connectivity index (χ0n) is 7.42. The van der Waals surface area contributed by atoms with Crippen molar-refractivity contribution < 1.29 is 52.1 Å². The van der Waals surface area contributed by atoms with Crippen molar-refractivity contribution in [1.29, 1.82) is 0 Å². The second-order valence-electron chi connectivity index (χ2n) is 2.70. The summed E-state index contributed by atoms with van der Waals surface area (Å²) in [6.45, 7) is 0. The van der Waals surface area contributed by atoms with Crippen molar-refractivity contribution in [3.05, 3.63) is 0 Å². The molecule has 2 nitrogen and oxygen atoms in total. The van der Waals surface area contributed by atoms with Gasteiger partial charge < -0.3 is 0 Å². The molecule has 0 spiro atoms. The van der Waals surface area contributed by atoms with Crippen molar-refractivity contribution in [1.82, 2.24) is 0 Å². The quantitative estimate of drug-likeness (QED) is 0.514. The van der Waals surface area contributed by atoms with Crippen molar-refractivity contribution in [2.75, 3.05) is 0 Å². The number of halogens is 11. The molecule has 0 aliphatic heterocycles. The Kier molecular flexibility index (Phi) is 4.50. The van der Waals surface area contributed by atoms with Crippen LogP contribution in [0.15, 0.2) is 0 Å². The summed E-state index contributed by atoms with van der Waals surface area (Å²) in [6.07, 6.45) is -13.9. The smallest absolute Gasteiger partial charge is 0.278 e. The van der Waals surface area contributed by atoms with Gasteiger partial charge in [0.15, 0.2) is 0 Å². The largest absolute Gasteiger partial charge is 0.463 e. The molecule has 0 fully saturated rings. The molecule has 0 saturated carbocycles. The molecule has 0 bridgehead atoms. The zero-order chi connectivity index (χ0) is 15.2. The minimum atomic E-state index is -7.85. The monoisotopic (exact) mass is 380 g/mol. The van der Waals surface area contributed by atoms with Gasteiger partial charge in [-0.05, 0) is 0 Å². The van der Waals surface area contributed by atoms with Crippen LogP contribution in [0, 0.1) is 0 Å². The van der Waals surface area contributed by atoms with Gasteiger partial charge in [0, 0.05) is 0 Å². The lowest BCUT2D eigenvalue weighted by molar-refractivity contribution is -0.269. The van der Waals surface area contributed by atoms with Gasteiger partial charge >= 0.3 is 31.0 Å². The van der Waals surface area contributed by atoms with Crippen molar-refractivity contribution in [3.8, 4) is 0 Å². The SMILES string of the molecule is O=P(OBr)(C(F)(F)C(F)(F)F)C(F)(F)C(F)(F)F. The topological polar surface area (TPSA) is 26.3 Å². The lowest BCUT2D eigenvalue weighted by Crippen LogP contribution is -2.47. The van der Waals surface area contributed by atoms with E-state index < -0.39 is 31.0 Å². The van der Waals surface area contributed by atoms with Gasteiger partial charge in [-0.1, -0.05) is 0 Å². The molecule has 0 aliphatic rings. The Morgan fingerprint density at radius 3 is 1.06 bits per heavy atom. The summed E-state index contributed by atoms with van der Waals surface area (Å²) >= 11 is 1.11. The third-order valence-electron chi connectivity index (χ3n) is 1.52. The van der Waals surface area contributed by atoms with Crippen molar-refractivity contribution >= 4 is 23.6 Å². The molecule has 0 rings (SSSR count). The Bertz CT molecular complexity index is 328. The van der Waals surface area contributed by atoms with E-state index in [0.29, 0.717) is 0 Å². The molecule has 0 unspecified atom stereocenters. The summed E-state index contributed by atoms with van der Waals surface area (Å²) in [7, 11) is -7.85. The van der Waals surface area contributed by atoms with E-state index in [1.54, 1.807) is 0 Å². The van der Waals surface area contributed by atoms with Gasteiger partial charge in [0.05, 0.1) is 0 Å². The van der Waals surface area contributed by atoms with Crippen LogP contribution in [-0.2, 0) is 8.18 Å². The molecular weight excluding hydrogens is 381 g/mol. The number of hydrogen-bond acceptors (Lipinski definition) is 2. The molecule has 14 heteroatoms. The summed E-state index contributed by atoms with van der Waals surface area (Å²) in [6, 6.07) is 0. The summed E-state index contributed by atoms with van der Waals surface area (Å²) < 4.78 is 133. The first-order chi connectivity index (χ1) is 7.56. The van der Waals surface area contributed by atoms with Crippen LogP contribution in [0.4, 0.5) is 43.9 Å². The Morgan fingerprint density at radius 1 is 0.722 bits per heavy atom. The van der Waals surface area contributed by atoms with Gasteiger partial charge in [0.25, 0.3) is 0 Å². The highest BCUT2D eigenvalue weighted by Gasteiger charge is 2.85. The number of hydrogen-bond donors (Lipinski definition) is 0. The lowest BCUT2D eigenvalue weighted by Gasteiger charge is -2.32. The maximum atomic E-state index is 12.5. The maximum absolute atomic E-state index is 12.5. The van der Waals surface area contributed by atoms with Crippen LogP contribution in [-0.4, -0.2) is 23.7 Å². The van der Waals surface area contributed by atoms with Crippen molar-refractivity contribution in [3.63, 3.8) is 0 Å². The van der Waals surface area contributed by atoms with Gasteiger partial charge in [-0.3, -0.25) is 4.57 Å². The fourth-order valence-electron chi connectivity index (χ4n) is 0.597. The first-order valence-electron chi connectivity index (χ1n) is 3.36. The van der Waals surface area contributed by atoms with Gasteiger partial charge in [0.1, 0.15) is 16.3 Å². The van der Waals surface area contributed by atoms with E-state index in [4.69, 9.17) is 0 Å². The van der Waals surface area contributed by atoms with Crippen LogP contribution >= 0.6 is 23.6 Å². The van der Waals surface area contributed by atoms with Gasteiger partial charge in [-0.25, -0.2) is 3.62 Å². The van der Waals surface area contributed by atoms with Crippen LogP contribution in [0.2, 0.25) is 0 Å². The molecule has 0 saturated heterocycles. The van der Waals surface area contributed by atoms with E-state index in [1.165, 1.54) is 0 Å². The predicted octanol–water partition coefficient (Wildman–Crippen LogP) is 4.90. The molecule has 0 heterocycles. The van der Waals surface area contributed by atoms with Crippen LogP contribution in [0.25, 0.3) is 0 Å². The average Bonchev–Trinajstić information content (AvgIpc) is 2.12. The fraction of sp³-hybridized carbons (Fsp3) is 1.00. The highest BCUT2D eigenvalue weighted by molar-refractivity contribution is 9.06. The minimum absolute atomic E-state index is 1.11. The molecule has 0 amide bonds. The number of alkyl halides is 10. The molecule has 110 valence electrons. The first-order valence-corrected chi connectivity index (χ1v) is 5.63. The molecule has 0 N–H and O–H groups in total. The maximum Gasteiger partial charge on any atom is 0.463 e. The third kappa shape index (κ3) is 2.36. The summed E-state index contributed by atoms with van der Waals surface area (Å²) in [5.74, 6) is 0. The summed E-state index contributed by atoms with van der Waals surface area (Å²) in [5.41, 5.74) is -13.8. The average molecular weight is 381 g/mol. The Labute approximate surface area is 100 Å². The highest BCUT2D eigenvalue weighted by Crippen LogP contribution is 2.78. The van der Waals surface area contributed by atoms with Gasteiger partial charge in [-0.2, -0.15) is 43.9 Å². The standard InChI is InChI=1S/C4BrF10O2P/c5-17-18(16,3(12,13)1(6,7)8)4(14,15)2(9,10)11. The minimum Gasteiger partial charge on any atom is -0.278 e. The Morgan fingerprint density at radius 2 is 0.944 bits per heavy atom. The molecule has 0 aromatic heterocycles. The van der Waals surface area contributed by atoms with E-state index in [2.05, 4.69) is 3.62 Å². The number of rotatable bonds is 3. The zero-order valence-corrected chi connectivity index (χ0v) is 9.90. The van der Waals surface area contributed by atoms with Crippen LogP contribution in [0.1, 0.15) is 0 Å². The second-order valence-corrected chi connectivity index (χ2v) is 5.93. The summed E-state index contributed by atoms with van der Waals surface area (Å²) in [4.78, 5) is 0. The lowest BCUT2D eigenvalue weighted by atomic mass is 10.7. The van der Waals surface area contributed by atoms with E-state index in [0.717, 1.165) is 16.3 Å². The van der Waals surface area contributed by atoms with Gasteiger partial charge in [0.2, 0.25) is 0 Å². The molecule has 0 aromatic rings. The van der Waals surface area contributed by atoms with Gasteiger partial charge in [-0.15, -0.1) is 0 Å².